The molecule has 1 aliphatic heterocycles. The van der Waals surface area contributed by atoms with Crippen LogP contribution < -0.4 is 0 Å². The highest BCUT2D eigenvalue weighted by Crippen LogP contribution is 2.34. The van der Waals surface area contributed by atoms with Gasteiger partial charge in [-0.05, 0) is 31.9 Å². The van der Waals surface area contributed by atoms with Gasteiger partial charge in [-0.25, -0.2) is 4.79 Å². The fraction of sp³-hybridized carbons (Fsp3) is 0.529. The van der Waals surface area contributed by atoms with Crippen LogP contribution in [0.2, 0.25) is 0 Å². The van der Waals surface area contributed by atoms with Crippen LogP contribution in [0.25, 0.3) is 0 Å². The van der Waals surface area contributed by atoms with Gasteiger partial charge < -0.3 is 14.6 Å². The fourth-order valence-corrected chi connectivity index (χ4v) is 2.94. The molecule has 0 aromatic rings. The lowest BCUT2D eigenvalue weighted by molar-refractivity contribution is -0.144. The van der Waals surface area contributed by atoms with Gasteiger partial charge in [0.2, 0.25) is 0 Å². The molecular weight excluding hydrogens is 284 g/mol. The molecule has 0 unspecified atom stereocenters. The molecule has 22 heavy (non-hydrogen) atoms. The van der Waals surface area contributed by atoms with Gasteiger partial charge in [-0.15, -0.1) is 0 Å². The average Bonchev–Trinajstić information content (AvgIpc) is 2.68. The molecule has 2 rings (SSSR count). The highest BCUT2D eigenvalue weighted by atomic mass is 16.6. The van der Waals surface area contributed by atoms with E-state index in [-0.39, 0.29) is 5.97 Å². The highest BCUT2D eigenvalue weighted by Gasteiger charge is 2.42. The summed E-state index contributed by atoms with van der Waals surface area (Å²) in [5.74, 6) is -1.31. The average molecular weight is 306 g/mol. The molecule has 1 fully saturated rings. The van der Waals surface area contributed by atoms with Crippen LogP contribution in [0.3, 0.4) is 0 Å². The molecule has 4 atom stereocenters. The first-order chi connectivity index (χ1) is 10.3. The Balaban J connectivity index is 2.37. The number of ether oxygens (including phenoxy) is 2. The number of hydrogen-bond donors (Lipinski definition) is 1. The van der Waals surface area contributed by atoms with Crippen molar-refractivity contribution in [2.45, 2.75) is 51.9 Å². The lowest BCUT2D eigenvalue weighted by Gasteiger charge is -2.25. The summed E-state index contributed by atoms with van der Waals surface area (Å²) in [5, 5.41) is 10.4. The number of aliphatic hydroxyl groups is 1. The van der Waals surface area contributed by atoms with Crippen molar-refractivity contribution in [2.75, 3.05) is 0 Å². The van der Waals surface area contributed by atoms with E-state index in [4.69, 9.17) is 9.47 Å². The number of rotatable bonds is 1. The molecule has 0 saturated carbocycles. The Morgan fingerprint density at radius 1 is 1.45 bits per heavy atom. The molecule has 0 aromatic heterocycles. The molecule has 0 amide bonds. The maximum atomic E-state index is 11.8. The van der Waals surface area contributed by atoms with Gasteiger partial charge in [0.05, 0.1) is 12.0 Å². The minimum absolute atomic E-state index is 0.291. The lowest BCUT2D eigenvalue weighted by atomic mass is 9.85. The molecule has 0 radical (unpaired) electrons. The second-order valence-corrected chi connectivity index (χ2v) is 5.99. The molecule has 0 spiro atoms. The summed E-state index contributed by atoms with van der Waals surface area (Å²) < 4.78 is 10.6. The first-order valence-corrected chi connectivity index (χ1v) is 7.38. The zero-order valence-corrected chi connectivity index (χ0v) is 13.2. The molecule has 5 heteroatoms. The first-order valence-electron chi connectivity index (χ1n) is 7.38. The largest absolute Gasteiger partial charge is 0.458 e. The van der Waals surface area contributed by atoms with E-state index >= 15 is 0 Å². The summed E-state index contributed by atoms with van der Waals surface area (Å²) in [6.45, 7) is 8.85. The molecule has 120 valence electrons. The third-order valence-corrected chi connectivity index (χ3v) is 4.13. The van der Waals surface area contributed by atoms with E-state index in [2.05, 4.69) is 6.58 Å². The number of fused-ring (bicyclic) bond motifs is 1. The second kappa shape index (κ2) is 6.48. The van der Waals surface area contributed by atoms with Gasteiger partial charge in [0, 0.05) is 18.9 Å². The van der Waals surface area contributed by atoms with Gasteiger partial charge in [-0.1, -0.05) is 18.2 Å². The molecule has 1 N–H and O–H groups in total. The summed E-state index contributed by atoms with van der Waals surface area (Å²) >= 11 is 0. The van der Waals surface area contributed by atoms with Crippen LogP contribution in [0, 0.1) is 5.92 Å². The predicted octanol–water partition coefficient (Wildman–Crippen LogP) is 2.06. The summed E-state index contributed by atoms with van der Waals surface area (Å²) in [6.07, 6.45) is 2.98. The fourth-order valence-electron chi connectivity index (χ4n) is 2.94. The van der Waals surface area contributed by atoms with Crippen LogP contribution in [-0.4, -0.2) is 35.4 Å². The van der Waals surface area contributed by atoms with Crippen molar-refractivity contribution in [3.8, 4) is 0 Å². The Kier molecular flexibility index (Phi) is 4.86. The number of hydrogen-bond acceptors (Lipinski definition) is 5. The highest BCUT2D eigenvalue weighted by molar-refractivity contribution is 5.91. The summed E-state index contributed by atoms with van der Waals surface area (Å²) in [4.78, 5) is 23.0. The zero-order chi connectivity index (χ0) is 16.4. The Hall–Kier alpha value is -1.88. The third-order valence-electron chi connectivity index (χ3n) is 4.13. The minimum atomic E-state index is -0.727. The van der Waals surface area contributed by atoms with E-state index in [1.54, 1.807) is 6.08 Å². The van der Waals surface area contributed by atoms with Crippen LogP contribution in [0.15, 0.2) is 35.5 Å². The minimum Gasteiger partial charge on any atom is -0.458 e. The maximum Gasteiger partial charge on any atom is 0.334 e. The monoisotopic (exact) mass is 306 g/mol. The smallest absolute Gasteiger partial charge is 0.334 e. The molecule has 1 saturated heterocycles. The van der Waals surface area contributed by atoms with Crippen molar-refractivity contribution in [1.82, 2.24) is 0 Å². The van der Waals surface area contributed by atoms with Crippen LogP contribution in [0.4, 0.5) is 0 Å². The van der Waals surface area contributed by atoms with E-state index in [0.29, 0.717) is 18.4 Å². The van der Waals surface area contributed by atoms with Crippen molar-refractivity contribution in [3.63, 3.8) is 0 Å². The molecule has 0 aromatic carbocycles. The maximum absolute atomic E-state index is 11.8. The number of carbonyl (C=O) groups is 2. The van der Waals surface area contributed by atoms with Crippen molar-refractivity contribution in [2.24, 2.45) is 5.92 Å². The van der Waals surface area contributed by atoms with Crippen molar-refractivity contribution in [3.05, 3.63) is 35.5 Å². The normalized spacial score (nSPS) is 37.3. The van der Waals surface area contributed by atoms with E-state index < -0.39 is 30.2 Å². The van der Waals surface area contributed by atoms with Crippen LogP contribution >= 0.6 is 0 Å². The molecule has 2 aliphatic rings. The Morgan fingerprint density at radius 3 is 2.77 bits per heavy atom. The van der Waals surface area contributed by atoms with Gasteiger partial charge >= 0.3 is 11.9 Å². The van der Waals surface area contributed by atoms with E-state index in [1.807, 2.05) is 19.9 Å². The van der Waals surface area contributed by atoms with Crippen LogP contribution in [0.1, 0.15) is 33.6 Å². The Bertz CT molecular complexity index is 557. The predicted molar refractivity (Wildman–Crippen MR) is 80.8 cm³/mol. The Morgan fingerprint density at radius 2 is 2.14 bits per heavy atom. The third kappa shape index (κ3) is 3.47. The molecule has 1 aliphatic carbocycles. The van der Waals surface area contributed by atoms with Crippen LogP contribution in [0.5, 0.6) is 0 Å². The van der Waals surface area contributed by atoms with Crippen molar-refractivity contribution in [1.29, 1.82) is 0 Å². The second-order valence-electron chi connectivity index (χ2n) is 5.99. The van der Waals surface area contributed by atoms with E-state index in [1.165, 1.54) is 6.92 Å². The van der Waals surface area contributed by atoms with Gasteiger partial charge in [-0.3, -0.25) is 4.79 Å². The summed E-state index contributed by atoms with van der Waals surface area (Å²) in [7, 11) is 0. The van der Waals surface area contributed by atoms with Gasteiger partial charge in [0.25, 0.3) is 0 Å². The zero-order valence-electron chi connectivity index (χ0n) is 13.2. The summed E-state index contributed by atoms with van der Waals surface area (Å²) in [5.41, 5.74) is 2.06. The van der Waals surface area contributed by atoms with Gasteiger partial charge in [0.1, 0.15) is 12.2 Å². The standard InChI is InChI=1S/C17H22O5/c1-9-5-6-14(21-12(4)18)10(2)8-15-16(13(19)7-9)11(3)17(20)22-15/h5,8,13-16,19H,3,6-7H2,1-2,4H3/b9-5+,10-8-/t13-,14-,15-,16-/m1/s1. The van der Waals surface area contributed by atoms with Gasteiger partial charge in [0.15, 0.2) is 0 Å². The molecule has 0 bridgehead atoms. The molecular formula is C17H22O5. The topological polar surface area (TPSA) is 72.8 Å². The quantitative estimate of drug-likeness (QED) is 0.456. The van der Waals surface area contributed by atoms with E-state index in [0.717, 1.165) is 11.1 Å². The lowest BCUT2D eigenvalue weighted by Crippen LogP contribution is -2.30. The molecule has 5 nitrogen and oxygen atoms in total. The first kappa shape index (κ1) is 16.5. The number of carbonyl (C=O) groups excluding carboxylic acids is 2. The molecule has 1 heterocycles. The van der Waals surface area contributed by atoms with Crippen molar-refractivity contribution < 1.29 is 24.2 Å². The summed E-state index contributed by atoms with van der Waals surface area (Å²) in [6, 6.07) is 0. The van der Waals surface area contributed by atoms with Gasteiger partial charge in [-0.2, -0.15) is 0 Å². The van der Waals surface area contributed by atoms with Crippen molar-refractivity contribution >= 4 is 11.9 Å². The van der Waals surface area contributed by atoms with E-state index in [9.17, 15) is 14.7 Å². The number of esters is 2. The van der Waals surface area contributed by atoms with Crippen LogP contribution in [-0.2, 0) is 19.1 Å². The number of aliphatic hydroxyl groups excluding tert-OH is 1. The SMILES string of the molecule is C=C1C(=O)O[C@@H]2/C=C(/C)[C@H](OC(C)=O)C/C=C(\C)C[C@@H](O)[C@@H]12. The Labute approximate surface area is 130 Å².